The molecule has 0 heterocycles. The lowest BCUT2D eigenvalue weighted by molar-refractivity contribution is 0.0501. The number of thioether (sulfide) groups is 1. The predicted molar refractivity (Wildman–Crippen MR) is 64.1 cm³/mol. The molecule has 0 saturated heterocycles. The number of nitrogen functional groups attached to an aromatic ring is 1. The summed E-state index contributed by atoms with van der Waals surface area (Å²) in [6.07, 6.45) is 2.62. The van der Waals surface area contributed by atoms with Crippen LogP contribution in [0.5, 0.6) is 0 Å². The van der Waals surface area contributed by atoms with E-state index in [-0.39, 0.29) is 17.9 Å². The van der Waals surface area contributed by atoms with Crippen molar-refractivity contribution >= 4 is 23.4 Å². The van der Waals surface area contributed by atoms with Gasteiger partial charge >= 0.3 is 5.97 Å². The molecule has 0 aliphatic rings. The molecular formula is C11H13F2NO2S. The van der Waals surface area contributed by atoms with Gasteiger partial charge < -0.3 is 10.5 Å². The van der Waals surface area contributed by atoms with Gasteiger partial charge in [0.05, 0.1) is 17.9 Å². The lowest BCUT2D eigenvalue weighted by atomic mass is 10.2. The predicted octanol–water partition coefficient (Wildman–Crippen LogP) is 2.46. The van der Waals surface area contributed by atoms with E-state index in [1.807, 2.05) is 6.26 Å². The first-order valence-corrected chi connectivity index (χ1v) is 6.36. The molecule has 0 fully saturated rings. The Morgan fingerprint density at radius 1 is 1.41 bits per heavy atom. The normalized spacial score (nSPS) is 10.3. The number of hydrogen-bond donors (Lipinski definition) is 1. The number of halogens is 2. The van der Waals surface area contributed by atoms with E-state index in [9.17, 15) is 13.6 Å². The third-order valence-electron chi connectivity index (χ3n) is 2.03. The SMILES string of the molecule is CSCCCOC(=O)c1cc(N)c(F)cc1F. The van der Waals surface area contributed by atoms with Crippen molar-refractivity contribution < 1.29 is 18.3 Å². The minimum Gasteiger partial charge on any atom is -0.462 e. The number of ether oxygens (including phenoxy) is 1. The maximum Gasteiger partial charge on any atom is 0.341 e. The number of benzene rings is 1. The lowest BCUT2D eigenvalue weighted by Crippen LogP contribution is -2.10. The summed E-state index contributed by atoms with van der Waals surface area (Å²) in [5, 5.41) is 0. The molecule has 0 aliphatic heterocycles. The van der Waals surface area contributed by atoms with Gasteiger partial charge in [-0.15, -0.1) is 0 Å². The molecule has 0 spiro atoms. The van der Waals surface area contributed by atoms with Crippen LogP contribution < -0.4 is 5.73 Å². The number of esters is 1. The van der Waals surface area contributed by atoms with Crippen molar-refractivity contribution in [3.8, 4) is 0 Å². The Kier molecular flexibility index (Phi) is 5.21. The topological polar surface area (TPSA) is 52.3 Å². The molecule has 1 rings (SSSR count). The van der Waals surface area contributed by atoms with E-state index in [0.717, 1.165) is 11.8 Å². The highest BCUT2D eigenvalue weighted by molar-refractivity contribution is 7.98. The minimum absolute atomic E-state index is 0.205. The van der Waals surface area contributed by atoms with Crippen molar-refractivity contribution in [2.75, 3.05) is 24.3 Å². The molecule has 94 valence electrons. The van der Waals surface area contributed by atoms with E-state index in [2.05, 4.69) is 0 Å². The average molecular weight is 261 g/mol. The average Bonchev–Trinajstić information content (AvgIpc) is 2.29. The van der Waals surface area contributed by atoms with Gasteiger partial charge in [-0.25, -0.2) is 13.6 Å². The lowest BCUT2D eigenvalue weighted by Gasteiger charge is -2.06. The zero-order valence-corrected chi connectivity index (χ0v) is 10.2. The van der Waals surface area contributed by atoms with Gasteiger partial charge in [0.15, 0.2) is 0 Å². The smallest absolute Gasteiger partial charge is 0.341 e. The van der Waals surface area contributed by atoms with Crippen LogP contribution >= 0.6 is 11.8 Å². The Morgan fingerprint density at radius 2 is 2.12 bits per heavy atom. The third kappa shape index (κ3) is 3.89. The van der Waals surface area contributed by atoms with Crippen LogP contribution in [-0.2, 0) is 4.74 Å². The van der Waals surface area contributed by atoms with E-state index in [1.165, 1.54) is 0 Å². The summed E-state index contributed by atoms with van der Waals surface area (Å²) in [6.45, 7) is 0.205. The molecule has 0 atom stereocenters. The Labute approximate surface area is 102 Å². The van der Waals surface area contributed by atoms with Gasteiger partial charge in [0.25, 0.3) is 0 Å². The van der Waals surface area contributed by atoms with Gasteiger partial charge in [0.1, 0.15) is 11.6 Å². The maximum atomic E-state index is 13.3. The Hall–Kier alpha value is -1.30. The minimum atomic E-state index is -0.966. The van der Waals surface area contributed by atoms with E-state index < -0.39 is 17.6 Å². The molecule has 0 aliphatic carbocycles. The summed E-state index contributed by atoms with van der Waals surface area (Å²) in [5.41, 5.74) is 4.64. The van der Waals surface area contributed by atoms with Crippen LogP contribution in [0.2, 0.25) is 0 Å². The summed E-state index contributed by atoms with van der Waals surface area (Å²) in [7, 11) is 0. The standard InChI is InChI=1S/C11H13F2NO2S/c1-17-4-2-3-16-11(15)7-5-10(14)9(13)6-8(7)12/h5-6H,2-4,14H2,1H3. The molecular weight excluding hydrogens is 248 g/mol. The second-order valence-electron chi connectivity index (χ2n) is 3.34. The second kappa shape index (κ2) is 6.44. The summed E-state index contributed by atoms with van der Waals surface area (Å²) in [4.78, 5) is 11.4. The molecule has 1 aromatic carbocycles. The molecule has 0 unspecified atom stereocenters. The fourth-order valence-electron chi connectivity index (χ4n) is 1.17. The highest BCUT2D eigenvalue weighted by atomic mass is 32.2. The summed E-state index contributed by atoms with van der Waals surface area (Å²) in [5.74, 6) is -1.83. The fraction of sp³-hybridized carbons (Fsp3) is 0.364. The molecule has 3 nitrogen and oxygen atoms in total. The van der Waals surface area contributed by atoms with Crippen LogP contribution in [0.25, 0.3) is 0 Å². The van der Waals surface area contributed by atoms with Gasteiger partial charge in [0, 0.05) is 6.07 Å². The number of hydrogen-bond acceptors (Lipinski definition) is 4. The first-order valence-electron chi connectivity index (χ1n) is 4.97. The zero-order chi connectivity index (χ0) is 12.8. The Morgan fingerprint density at radius 3 is 2.76 bits per heavy atom. The van der Waals surface area contributed by atoms with Crippen molar-refractivity contribution in [3.05, 3.63) is 29.3 Å². The van der Waals surface area contributed by atoms with Crippen LogP contribution in [0.15, 0.2) is 12.1 Å². The molecule has 17 heavy (non-hydrogen) atoms. The van der Waals surface area contributed by atoms with Crippen molar-refractivity contribution in [3.63, 3.8) is 0 Å². The van der Waals surface area contributed by atoms with Crippen LogP contribution in [0.3, 0.4) is 0 Å². The van der Waals surface area contributed by atoms with E-state index in [1.54, 1.807) is 11.8 Å². The maximum absolute atomic E-state index is 13.3. The van der Waals surface area contributed by atoms with Crippen molar-refractivity contribution in [2.24, 2.45) is 0 Å². The molecule has 0 radical (unpaired) electrons. The highest BCUT2D eigenvalue weighted by Gasteiger charge is 2.16. The Bertz CT molecular complexity index is 413. The van der Waals surface area contributed by atoms with E-state index in [4.69, 9.17) is 10.5 Å². The largest absolute Gasteiger partial charge is 0.462 e. The molecule has 2 N–H and O–H groups in total. The van der Waals surface area contributed by atoms with Crippen LogP contribution in [-0.4, -0.2) is 24.6 Å². The van der Waals surface area contributed by atoms with Crippen LogP contribution in [0.1, 0.15) is 16.8 Å². The summed E-state index contributed by atoms with van der Waals surface area (Å²) >= 11 is 1.62. The number of anilines is 1. The van der Waals surface area contributed by atoms with Gasteiger partial charge in [-0.3, -0.25) is 0 Å². The molecule has 1 aromatic rings. The number of carbonyl (C=O) groups excluding carboxylic acids is 1. The van der Waals surface area contributed by atoms with Gasteiger partial charge in [-0.05, 0) is 24.5 Å². The van der Waals surface area contributed by atoms with Crippen molar-refractivity contribution in [2.45, 2.75) is 6.42 Å². The third-order valence-corrected chi connectivity index (χ3v) is 2.73. The van der Waals surface area contributed by atoms with Crippen molar-refractivity contribution in [1.29, 1.82) is 0 Å². The fourth-order valence-corrected chi connectivity index (χ4v) is 1.57. The van der Waals surface area contributed by atoms with E-state index in [0.29, 0.717) is 12.5 Å². The van der Waals surface area contributed by atoms with Gasteiger partial charge in [0.2, 0.25) is 0 Å². The van der Waals surface area contributed by atoms with E-state index >= 15 is 0 Å². The zero-order valence-electron chi connectivity index (χ0n) is 9.33. The van der Waals surface area contributed by atoms with Crippen molar-refractivity contribution in [1.82, 2.24) is 0 Å². The van der Waals surface area contributed by atoms with Gasteiger partial charge in [-0.1, -0.05) is 0 Å². The first-order chi connectivity index (χ1) is 8.06. The molecule has 0 amide bonds. The quantitative estimate of drug-likeness (QED) is 0.502. The second-order valence-corrected chi connectivity index (χ2v) is 4.32. The van der Waals surface area contributed by atoms with Crippen LogP contribution in [0, 0.1) is 11.6 Å². The molecule has 6 heteroatoms. The monoisotopic (exact) mass is 261 g/mol. The number of rotatable bonds is 5. The van der Waals surface area contributed by atoms with Crippen LogP contribution in [0.4, 0.5) is 14.5 Å². The highest BCUT2D eigenvalue weighted by Crippen LogP contribution is 2.17. The summed E-state index contributed by atoms with van der Waals surface area (Å²) < 4.78 is 30.9. The molecule has 0 saturated carbocycles. The van der Waals surface area contributed by atoms with Gasteiger partial charge in [-0.2, -0.15) is 11.8 Å². The first kappa shape index (κ1) is 13.8. The number of nitrogens with two attached hydrogens (primary N) is 1. The number of carbonyl (C=O) groups is 1. The Balaban J connectivity index is 2.66. The summed E-state index contributed by atoms with van der Waals surface area (Å²) in [6, 6.07) is 1.52. The molecule has 0 aromatic heterocycles. The molecule has 0 bridgehead atoms.